The number of nitrogens with one attached hydrogen (secondary N) is 2. The zero-order chi connectivity index (χ0) is 14.3. The van der Waals surface area contributed by atoms with E-state index in [0.717, 1.165) is 24.1 Å². The second kappa shape index (κ2) is 7.62. The van der Waals surface area contributed by atoms with E-state index in [2.05, 4.69) is 17.0 Å². The summed E-state index contributed by atoms with van der Waals surface area (Å²) in [5.74, 6) is 0. The molecule has 0 aliphatic rings. The van der Waals surface area contributed by atoms with E-state index >= 15 is 0 Å². The standard InChI is InChI=1S/C14H24N2O2S/c1-4-8-15-10-13(3)19(17,18)16-11-14-7-5-6-12(2)9-14/h5-7,9,13,15-16H,4,8,10-11H2,1-3H3. The Kier molecular flexibility index (Phi) is 6.48. The first-order chi connectivity index (χ1) is 8.95. The Hall–Kier alpha value is -0.910. The molecule has 0 aliphatic carbocycles. The first kappa shape index (κ1) is 16.1. The summed E-state index contributed by atoms with van der Waals surface area (Å²) in [5.41, 5.74) is 2.12. The molecule has 0 saturated heterocycles. The molecule has 5 heteroatoms. The van der Waals surface area contributed by atoms with Gasteiger partial charge in [0, 0.05) is 13.1 Å². The van der Waals surface area contributed by atoms with Crippen LogP contribution in [0, 0.1) is 6.92 Å². The lowest BCUT2D eigenvalue weighted by Crippen LogP contribution is -2.38. The Balaban J connectivity index is 2.50. The fourth-order valence-corrected chi connectivity index (χ4v) is 2.73. The van der Waals surface area contributed by atoms with Crippen molar-refractivity contribution in [2.45, 2.75) is 39.0 Å². The summed E-state index contributed by atoms with van der Waals surface area (Å²) in [6.07, 6.45) is 1.00. The summed E-state index contributed by atoms with van der Waals surface area (Å²) in [6, 6.07) is 7.85. The van der Waals surface area contributed by atoms with Crippen LogP contribution in [0.5, 0.6) is 0 Å². The van der Waals surface area contributed by atoms with Gasteiger partial charge in [0.2, 0.25) is 10.0 Å². The molecule has 2 N–H and O–H groups in total. The molecular formula is C14H24N2O2S. The zero-order valence-corrected chi connectivity index (χ0v) is 12.8. The Bertz CT molecular complexity index is 486. The van der Waals surface area contributed by atoms with Crippen molar-refractivity contribution in [1.29, 1.82) is 0 Å². The maximum Gasteiger partial charge on any atom is 0.215 e. The molecule has 1 rings (SSSR count). The maximum atomic E-state index is 12.0. The van der Waals surface area contributed by atoms with Crippen LogP contribution < -0.4 is 10.0 Å². The average molecular weight is 284 g/mol. The molecule has 0 heterocycles. The lowest BCUT2D eigenvalue weighted by molar-refractivity contribution is 0.557. The van der Waals surface area contributed by atoms with Crippen molar-refractivity contribution in [3.63, 3.8) is 0 Å². The molecule has 0 amide bonds. The quantitative estimate of drug-likeness (QED) is 0.716. The molecule has 0 bridgehead atoms. The highest BCUT2D eigenvalue weighted by molar-refractivity contribution is 7.90. The fourth-order valence-electron chi connectivity index (χ4n) is 1.74. The van der Waals surface area contributed by atoms with Crippen molar-refractivity contribution >= 4 is 10.0 Å². The van der Waals surface area contributed by atoms with Gasteiger partial charge in [0.05, 0.1) is 5.25 Å². The molecule has 1 atom stereocenters. The topological polar surface area (TPSA) is 58.2 Å². The van der Waals surface area contributed by atoms with E-state index in [1.54, 1.807) is 6.92 Å². The minimum absolute atomic E-state index is 0.349. The van der Waals surface area contributed by atoms with Crippen LogP contribution in [0.4, 0.5) is 0 Å². The second-order valence-corrected chi connectivity index (χ2v) is 7.05. The van der Waals surface area contributed by atoms with Crippen molar-refractivity contribution in [2.24, 2.45) is 0 Å². The molecule has 0 saturated carbocycles. The van der Waals surface area contributed by atoms with Gasteiger partial charge < -0.3 is 5.32 Å². The summed E-state index contributed by atoms with van der Waals surface area (Å²) in [7, 11) is -3.26. The molecule has 108 valence electrons. The van der Waals surface area contributed by atoms with E-state index in [-0.39, 0.29) is 0 Å². The molecule has 0 fully saturated rings. The molecule has 1 unspecified atom stereocenters. The third-order valence-electron chi connectivity index (χ3n) is 2.95. The number of benzene rings is 1. The SMILES string of the molecule is CCCNCC(C)S(=O)(=O)NCc1cccc(C)c1. The van der Waals surface area contributed by atoms with Gasteiger partial charge in [-0.15, -0.1) is 0 Å². The monoisotopic (exact) mass is 284 g/mol. The Labute approximate surface area is 116 Å². The summed E-state index contributed by atoms with van der Waals surface area (Å²) < 4.78 is 26.7. The van der Waals surface area contributed by atoms with Gasteiger partial charge in [-0.1, -0.05) is 36.8 Å². The number of sulfonamides is 1. The largest absolute Gasteiger partial charge is 0.315 e. The number of rotatable bonds is 8. The smallest absolute Gasteiger partial charge is 0.215 e. The molecule has 0 aliphatic heterocycles. The van der Waals surface area contributed by atoms with Gasteiger partial charge in [0.1, 0.15) is 0 Å². The van der Waals surface area contributed by atoms with Crippen LogP contribution in [0.25, 0.3) is 0 Å². The van der Waals surface area contributed by atoms with Gasteiger partial charge in [-0.25, -0.2) is 13.1 Å². The normalized spacial score (nSPS) is 13.4. The first-order valence-electron chi connectivity index (χ1n) is 6.70. The minimum Gasteiger partial charge on any atom is -0.315 e. The van der Waals surface area contributed by atoms with Crippen molar-refractivity contribution in [2.75, 3.05) is 13.1 Å². The molecule has 1 aromatic carbocycles. The van der Waals surface area contributed by atoms with Crippen LogP contribution in [0.3, 0.4) is 0 Å². The van der Waals surface area contributed by atoms with Crippen LogP contribution in [-0.2, 0) is 16.6 Å². The van der Waals surface area contributed by atoms with E-state index in [0.29, 0.717) is 13.1 Å². The second-order valence-electron chi connectivity index (χ2n) is 4.87. The zero-order valence-electron chi connectivity index (χ0n) is 11.9. The number of aryl methyl sites for hydroxylation is 1. The van der Waals surface area contributed by atoms with E-state index in [1.165, 1.54) is 0 Å². The summed E-state index contributed by atoms with van der Waals surface area (Å²) in [4.78, 5) is 0. The molecular weight excluding hydrogens is 260 g/mol. The maximum absolute atomic E-state index is 12.0. The molecule has 19 heavy (non-hydrogen) atoms. The van der Waals surface area contributed by atoms with Crippen molar-refractivity contribution in [1.82, 2.24) is 10.0 Å². The van der Waals surface area contributed by atoms with E-state index in [1.807, 2.05) is 31.2 Å². The van der Waals surface area contributed by atoms with Crippen molar-refractivity contribution in [3.05, 3.63) is 35.4 Å². The lowest BCUT2D eigenvalue weighted by atomic mass is 10.1. The van der Waals surface area contributed by atoms with Crippen LogP contribution in [-0.4, -0.2) is 26.8 Å². The van der Waals surface area contributed by atoms with E-state index < -0.39 is 15.3 Å². The number of hydrogen-bond donors (Lipinski definition) is 2. The Morgan fingerprint density at radius 3 is 2.68 bits per heavy atom. The average Bonchev–Trinajstić information content (AvgIpc) is 2.37. The van der Waals surface area contributed by atoms with Crippen LogP contribution >= 0.6 is 0 Å². The predicted octanol–water partition coefficient (Wildman–Crippen LogP) is 1.80. The summed E-state index contributed by atoms with van der Waals surface area (Å²) in [5, 5.41) is 2.70. The van der Waals surface area contributed by atoms with Crippen molar-refractivity contribution < 1.29 is 8.42 Å². The first-order valence-corrected chi connectivity index (χ1v) is 8.25. The molecule has 4 nitrogen and oxygen atoms in total. The Morgan fingerprint density at radius 1 is 1.32 bits per heavy atom. The van der Waals surface area contributed by atoms with Gasteiger partial charge >= 0.3 is 0 Å². The van der Waals surface area contributed by atoms with Gasteiger partial charge in [0.25, 0.3) is 0 Å². The molecule has 0 aromatic heterocycles. The Morgan fingerprint density at radius 2 is 2.05 bits per heavy atom. The third-order valence-corrected chi connectivity index (χ3v) is 4.72. The number of hydrogen-bond acceptors (Lipinski definition) is 3. The summed E-state index contributed by atoms with van der Waals surface area (Å²) >= 11 is 0. The van der Waals surface area contributed by atoms with E-state index in [9.17, 15) is 8.42 Å². The van der Waals surface area contributed by atoms with Crippen LogP contribution in [0.15, 0.2) is 24.3 Å². The van der Waals surface area contributed by atoms with Crippen LogP contribution in [0.1, 0.15) is 31.4 Å². The fraction of sp³-hybridized carbons (Fsp3) is 0.571. The summed E-state index contributed by atoms with van der Waals surface area (Å²) in [6.45, 7) is 7.45. The molecule has 0 radical (unpaired) electrons. The van der Waals surface area contributed by atoms with Gasteiger partial charge in [-0.05, 0) is 32.4 Å². The highest BCUT2D eigenvalue weighted by Gasteiger charge is 2.19. The lowest BCUT2D eigenvalue weighted by Gasteiger charge is -2.14. The van der Waals surface area contributed by atoms with Gasteiger partial charge in [0.15, 0.2) is 0 Å². The highest BCUT2D eigenvalue weighted by Crippen LogP contribution is 2.05. The van der Waals surface area contributed by atoms with Crippen LogP contribution in [0.2, 0.25) is 0 Å². The van der Waals surface area contributed by atoms with Gasteiger partial charge in [-0.3, -0.25) is 0 Å². The minimum atomic E-state index is -3.26. The highest BCUT2D eigenvalue weighted by atomic mass is 32.2. The molecule has 0 spiro atoms. The third kappa shape index (κ3) is 5.72. The van der Waals surface area contributed by atoms with Gasteiger partial charge in [-0.2, -0.15) is 0 Å². The van der Waals surface area contributed by atoms with E-state index in [4.69, 9.17) is 0 Å². The van der Waals surface area contributed by atoms with Crippen molar-refractivity contribution in [3.8, 4) is 0 Å². The molecule has 1 aromatic rings. The predicted molar refractivity (Wildman–Crippen MR) is 79.6 cm³/mol.